The quantitative estimate of drug-likeness (QED) is 0.802. The van der Waals surface area contributed by atoms with Crippen LogP contribution in [0.5, 0.6) is 0 Å². The summed E-state index contributed by atoms with van der Waals surface area (Å²) >= 11 is 6.03. The van der Waals surface area contributed by atoms with Gasteiger partial charge >= 0.3 is 0 Å². The van der Waals surface area contributed by atoms with Crippen LogP contribution in [0.25, 0.3) is 11.3 Å². The molecule has 0 fully saturated rings. The summed E-state index contributed by atoms with van der Waals surface area (Å²) in [6, 6.07) is 5.71. The minimum absolute atomic E-state index is 0.414. The smallest absolute Gasteiger partial charge is 0.149 e. The maximum absolute atomic E-state index is 6.03. The molecule has 1 aromatic heterocycles. The molecule has 0 atom stereocenters. The van der Waals surface area contributed by atoms with Crippen molar-refractivity contribution in [3.8, 4) is 11.3 Å². The predicted octanol–water partition coefficient (Wildman–Crippen LogP) is 2.69. The number of aromatic nitrogens is 2. The fraction of sp³-hybridized carbons (Fsp3) is 0.0909. The molecule has 0 bridgehead atoms. The van der Waals surface area contributed by atoms with Crippen molar-refractivity contribution in [2.45, 2.75) is 6.92 Å². The summed E-state index contributed by atoms with van der Waals surface area (Å²) in [6.45, 7) is 1.95. The Bertz CT molecular complexity index is 497. The highest BCUT2D eigenvalue weighted by Gasteiger charge is 2.05. The molecule has 0 aliphatic carbocycles. The van der Waals surface area contributed by atoms with E-state index in [4.69, 9.17) is 17.3 Å². The van der Waals surface area contributed by atoms with Crippen molar-refractivity contribution < 1.29 is 0 Å². The third-order valence-corrected chi connectivity index (χ3v) is 2.58. The van der Waals surface area contributed by atoms with Gasteiger partial charge < -0.3 is 5.73 Å². The molecule has 0 amide bonds. The average Bonchev–Trinajstić information content (AvgIpc) is 2.23. The van der Waals surface area contributed by atoms with Crippen LogP contribution in [-0.4, -0.2) is 9.97 Å². The average molecular weight is 220 g/mol. The number of nitrogens with zero attached hydrogens (tertiary/aromatic N) is 2. The highest BCUT2D eigenvalue weighted by Crippen LogP contribution is 2.26. The third kappa shape index (κ3) is 1.92. The van der Waals surface area contributed by atoms with Crippen LogP contribution in [0.4, 0.5) is 5.82 Å². The van der Waals surface area contributed by atoms with Crippen LogP contribution < -0.4 is 5.73 Å². The summed E-state index contributed by atoms with van der Waals surface area (Å²) in [5.41, 5.74) is 8.31. The van der Waals surface area contributed by atoms with E-state index >= 15 is 0 Å². The molecule has 0 unspecified atom stereocenters. The molecule has 4 heteroatoms. The first-order chi connectivity index (χ1) is 7.18. The van der Waals surface area contributed by atoms with E-state index in [1.807, 2.05) is 25.1 Å². The molecule has 2 N–H and O–H groups in total. The van der Waals surface area contributed by atoms with E-state index in [9.17, 15) is 0 Å². The van der Waals surface area contributed by atoms with E-state index in [2.05, 4.69) is 9.97 Å². The zero-order chi connectivity index (χ0) is 10.8. The Hall–Kier alpha value is -1.61. The van der Waals surface area contributed by atoms with Crippen molar-refractivity contribution in [1.82, 2.24) is 9.97 Å². The molecule has 1 aromatic carbocycles. The van der Waals surface area contributed by atoms with Gasteiger partial charge in [0.2, 0.25) is 0 Å². The molecule has 15 heavy (non-hydrogen) atoms. The van der Waals surface area contributed by atoms with Crippen LogP contribution in [0.1, 0.15) is 5.56 Å². The van der Waals surface area contributed by atoms with Crippen molar-refractivity contribution in [2.75, 3.05) is 5.73 Å². The fourth-order valence-electron chi connectivity index (χ4n) is 1.31. The van der Waals surface area contributed by atoms with Gasteiger partial charge in [-0.05, 0) is 18.6 Å². The Morgan fingerprint density at radius 3 is 2.60 bits per heavy atom. The van der Waals surface area contributed by atoms with Gasteiger partial charge in [-0.25, -0.2) is 4.98 Å². The minimum Gasteiger partial charge on any atom is -0.382 e. The summed E-state index contributed by atoms with van der Waals surface area (Å²) in [6.07, 6.45) is 3.17. The Morgan fingerprint density at radius 1 is 1.20 bits per heavy atom. The second-order valence-corrected chi connectivity index (χ2v) is 3.66. The van der Waals surface area contributed by atoms with Gasteiger partial charge in [0.25, 0.3) is 0 Å². The fourth-order valence-corrected chi connectivity index (χ4v) is 1.49. The van der Waals surface area contributed by atoms with Gasteiger partial charge in [0.1, 0.15) is 11.5 Å². The minimum atomic E-state index is 0.414. The molecule has 76 valence electrons. The van der Waals surface area contributed by atoms with Crippen molar-refractivity contribution in [1.29, 1.82) is 0 Å². The number of benzene rings is 1. The number of hydrogen-bond acceptors (Lipinski definition) is 3. The van der Waals surface area contributed by atoms with E-state index in [-0.39, 0.29) is 0 Å². The van der Waals surface area contributed by atoms with Gasteiger partial charge in [0.15, 0.2) is 0 Å². The monoisotopic (exact) mass is 219 g/mol. The van der Waals surface area contributed by atoms with E-state index in [0.29, 0.717) is 16.5 Å². The Kier molecular flexibility index (Phi) is 2.56. The highest BCUT2D eigenvalue weighted by atomic mass is 35.5. The number of rotatable bonds is 1. The lowest BCUT2D eigenvalue weighted by Gasteiger charge is -2.05. The Labute approximate surface area is 92.9 Å². The van der Waals surface area contributed by atoms with Crippen LogP contribution in [0.2, 0.25) is 5.02 Å². The number of halogens is 1. The second kappa shape index (κ2) is 3.87. The van der Waals surface area contributed by atoms with Crippen LogP contribution in [0.15, 0.2) is 30.6 Å². The number of aryl methyl sites for hydroxylation is 1. The highest BCUT2D eigenvalue weighted by molar-refractivity contribution is 6.31. The number of hydrogen-bond donors (Lipinski definition) is 1. The van der Waals surface area contributed by atoms with Gasteiger partial charge in [-0.15, -0.1) is 0 Å². The molecular formula is C11H10ClN3. The van der Waals surface area contributed by atoms with Crippen molar-refractivity contribution >= 4 is 17.4 Å². The standard InChI is InChI=1S/C11H10ClN3/c1-7-2-3-8(6-9(7)12)10-11(13)15-5-4-14-10/h2-6H,1H3,(H2,13,15). The molecule has 0 aliphatic rings. The summed E-state index contributed by atoms with van der Waals surface area (Å²) in [4.78, 5) is 8.15. The van der Waals surface area contributed by atoms with E-state index < -0.39 is 0 Å². The summed E-state index contributed by atoms with van der Waals surface area (Å²) in [5.74, 6) is 0.414. The first-order valence-corrected chi connectivity index (χ1v) is 4.89. The van der Waals surface area contributed by atoms with Gasteiger partial charge in [-0.2, -0.15) is 0 Å². The maximum atomic E-state index is 6.03. The largest absolute Gasteiger partial charge is 0.382 e. The molecule has 0 saturated heterocycles. The molecule has 0 radical (unpaired) electrons. The molecule has 3 nitrogen and oxygen atoms in total. The number of nitrogens with two attached hydrogens (primary N) is 1. The van der Waals surface area contributed by atoms with E-state index in [1.165, 1.54) is 0 Å². The normalized spacial score (nSPS) is 10.3. The molecule has 1 heterocycles. The lowest BCUT2D eigenvalue weighted by molar-refractivity contribution is 1.21. The van der Waals surface area contributed by atoms with Crippen LogP contribution in [0.3, 0.4) is 0 Å². The number of anilines is 1. The molecule has 2 rings (SSSR count). The van der Waals surface area contributed by atoms with Gasteiger partial charge in [0.05, 0.1) is 0 Å². The summed E-state index contributed by atoms with van der Waals surface area (Å²) in [5, 5.41) is 0.706. The predicted molar refractivity (Wildman–Crippen MR) is 61.6 cm³/mol. The first kappa shape index (κ1) is 9.93. The second-order valence-electron chi connectivity index (χ2n) is 3.25. The SMILES string of the molecule is Cc1ccc(-c2nccnc2N)cc1Cl. The van der Waals surface area contributed by atoms with Crippen molar-refractivity contribution in [2.24, 2.45) is 0 Å². The number of nitrogen functional groups attached to an aromatic ring is 1. The van der Waals surface area contributed by atoms with Crippen molar-refractivity contribution in [3.63, 3.8) is 0 Å². The molecule has 2 aromatic rings. The lowest BCUT2D eigenvalue weighted by Crippen LogP contribution is -1.96. The van der Waals surface area contributed by atoms with Crippen LogP contribution in [-0.2, 0) is 0 Å². The molecule has 0 aliphatic heterocycles. The molecule has 0 saturated carbocycles. The maximum Gasteiger partial charge on any atom is 0.149 e. The summed E-state index contributed by atoms with van der Waals surface area (Å²) in [7, 11) is 0. The van der Waals surface area contributed by atoms with Crippen molar-refractivity contribution in [3.05, 3.63) is 41.2 Å². The lowest BCUT2D eigenvalue weighted by atomic mass is 10.1. The van der Waals surface area contributed by atoms with Gasteiger partial charge in [0, 0.05) is 23.0 Å². The van der Waals surface area contributed by atoms with Gasteiger partial charge in [-0.1, -0.05) is 23.7 Å². The molecule has 0 spiro atoms. The summed E-state index contributed by atoms with van der Waals surface area (Å²) < 4.78 is 0. The third-order valence-electron chi connectivity index (χ3n) is 2.17. The van der Waals surface area contributed by atoms with E-state index in [0.717, 1.165) is 11.1 Å². The van der Waals surface area contributed by atoms with Crippen LogP contribution >= 0.6 is 11.6 Å². The zero-order valence-electron chi connectivity index (χ0n) is 8.24. The zero-order valence-corrected chi connectivity index (χ0v) is 8.99. The van der Waals surface area contributed by atoms with E-state index in [1.54, 1.807) is 12.4 Å². The Balaban J connectivity index is 2.55. The van der Waals surface area contributed by atoms with Crippen LogP contribution in [0, 0.1) is 6.92 Å². The topological polar surface area (TPSA) is 51.8 Å². The van der Waals surface area contributed by atoms with Gasteiger partial charge in [-0.3, -0.25) is 4.98 Å². The Morgan fingerprint density at radius 2 is 1.93 bits per heavy atom. The first-order valence-electron chi connectivity index (χ1n) is 4.51. The molecular weight excluding hydrogens is 210 g/mol.